The number of amides is 1. The van der Waals surface area contributed by atoms with Crippen molar-refractivity contribution in [1.82, 2.24) is 15.1 Å². The molecule has 1 aliphatic rings. The molecular formula is C21H29N3O3. The molecule has 0 fully saturated rings. The molecule has 1 atom stereocenters. The van der Waals surface area contributed by atoms with E-state index in [9.17, 15) is 4.79 Å². The first-order chi connectivity index (χ1) is 13.0. The lowest BCUT2D eigenvalue weighted by atomic mass is 9.95. The molecule has 0 saturated heterocycles. The Hall–Kier alpha value is -2.50. The number of aryl methyl sites for hydroxylation is 1. The number of aromatic nitrogens is 2. The van der Waals surface area contributed by atoms with Gasteiger partial charge >= 0.3 is 0 Å². The molecule has 146 valence electrons. The highest BCUT2D eigenvalue weighted by molar-refractivity contribution is 5.95. The van der Waals surface area contributed by atoms with E-state index in [1.807, 2.05) is 29.8 Å². The number of hydrogen-bond donors (Lipinski definition) is 1. The molecule has 3 rings (SSSR count). The molecule has 0 saturated carbocycles. The second-order valence-corrected chi connectivity index (χ2v) is 7.32. The lowest BCUT2D eigenvalue weighted by Crippen LogP contribution is -2.32. The third kappa shape index (κ3) is 4.26. The molecule has 1 amide bonds. The van der Waals surface area contributed by atoms with E-state index in [0.717, 1.165) is 42.1 Å². The third-order valence-corrected chi connectivity index (χ3v) is 4.87. The van der Waals surface area contributed by atoms with Gasteiger partial charge in [-0.25, -0.2) is 0 Å². The van der Waals surface area contributed by atoms with Crippen LogP contribution in [0.1, 0.15) is 61.3 Å². The van der Waals surface area contributed by atoms with Crippen LogP contribution in [0.3, 0.4) is 0 Å². The number of benzene rings is 1. The van der Waals surface area contributed by atoms with E-state index in [2.05, 4.69) is 31.2 Å². The quantitative estimate of drug-likeness (QED) is 0.837. The zero-order chi connectivity index (χ0) is 19.4. The Morgan fingerprint density at radius 2 is 2.00 bits per heavy atom. The molecule has 0 bridgehead atoms. The molecule has 2 aromatic rings. The summed E-state index contributed by atoms with van der Waals surface area (Å²) in [7, 11) is 0. The first kappa shape index (κ1) is 19.3. The maximum Gasteiger partial charge on any atom is 0.255 e. The van der Waals surface area contributed by atoms with Crippen LogP contribution in [-0.2, 0) is 6.54 Å². The van der Waals surface area contributed by atoms with Crippen molar-refractivity contribution in [2.45, 2.75) is 53.1 Å². The summed E-state index contributed by atoms with van der Waals surface area (Å²) in [6, 6.07) is 5.80. The van der Waals surface area contributed by atoms with Crippen molar-refractivity contribution in [2.75, 3.05) is 13.2 Å². The Balaban J connectivity index is 1.82. The van der Waals surface area contributed by atoms with E-state index in [-0.39, 0.29) is 17.9 Å². The number of hydrogen-bond acceptors (Lipinski definition) is 4. The second-order valence-electron chi connectivity index (χ2n) is 7.32. The Morgan fingerprint density at radius 1 is 1.26 bits per heavy atom. The van der Waals surface area contributed by atoms with Crippen molar-refractivity contribution in [3.05, 3.63) is 41.2 Å². The number of carbonyl (C=O) groups excluding carboxylic acids is 1. The van der Waals surface area contributed by atoms with Crippen molar-refractivity contribution < 1.29 is 14.3 Å². The zero-order valence-corrected chi connectivity index (χ0v) is 16.6. The summed E-state index contributed by atoms with van der Waals surface area (Å²) < 4.78 is 13.4. The fraction of sp³-hybridized carbons (Fsp3) is 0.524. The van der Waals surface area contributed by atoms with Gasteiger partial charge in [0.05, 0.1) is 31.0 Å². The maximum atomic E-state index is 12.9. The molecule has 1 aliphatic heterocycles. The van der Waals surface area contributed by atoms with Crippen molar-refractivity contribution in [2.24, 2.45) is 5.92 Å². The van der Waals surface area contributed by atoms with Gasteiger partial charge in [-0.05, 0) is 37.0 Å². The van der Waals surface area contributed by atoms with E-state index in [0.29, 0.717) is 18.8 Å². The van der Waals surface area contributed by atoms with Crippen LogP contribution in [0.5, 0.6) is 11.5 Å². The smallest absolute Gasteiger partial charge is 0.255 e. The molecule has 6 nitrogen and oxygen atoms in total. The number of fused-ring (bicyclic) bond motifs is 1. The normalized spacial score (nSPS) is 14.7. The maximum absolute atomic E-state index is 12.9. The molecule has 6 heteroatoms. The van der Waals surface area contributed by atoms with Crippen LogP contribution in [0, 0.1) is 12.8 Å². The van der Waals surface area contributed by atoms with Gasteiger partial charge in [0.15, 0.2) is 11.5 Å². The zero-order valence-electron chi connectivity index (χ0n) is 16.6. The highest BCUT2D eigenvalue weighted by Gasteiger charge is 2.23. The molecule has 1 aromatic heterocycles. The molecule has 0 aliphatic carbocycles. The van der Waals surface area contributed by atoms with Gasteiger partial charge in [-0.1, -0.05) is 26.8 Å². The van der Waals surface area contributed by atoms with E-state index in [4.69, 9.17) is 9.47 Å². The van der Waals surface area contributed by atoms with E-state index in [1.165, 1.54) is 0 Å². The SMILES string of the molecule is CCCn1ncc(C(=O)N[C@H](c2ccc3c(c2)OCCCO3)C(C)C)c1C. The standard InChI is InChI=1S/C21H29N3O3/c1-5-9-24-15(4)17(13-22-24)21(25)23-20(14(2)3)16-7-8-18-19(12-16)27-11-6-10-26-18/h7-8,12-14,20H,5-6,9-11H2,1-4H3,(H,23,25)/t20-/m0/s1. The number of nitrogens with zero attached hydrogens (tertiary/aromatic N) is 2. The predicted molar refractivity (Wildman–Crippen MR) is 104 cm³/mol. The molecular weight excluding hydrogens is 342 g/mol. The summed E-state index contributed by atoms with van der Waals surface area (Å²) in [6.07, 6.45) is 3.51. The largest absolute Gasteiger partial charge is 0.490 e. The van der Waals surface area contributed by atoms with Crippen LogP contribution < -0.4 is 14.8 Å². The van der Waals surface area contributed by atoms with Gasteiger partial charge in [0.25, 0.3) is 5.91 Å². The van der Waals surface area contributed by atoms with Crippen molar-refractivity contribution in [3.63, 3.8) is 0 Å². The van der Waals surface area contributed by atoms with Gasteiger partial charge in [-0.2, -0.15) is 5.10 Å². The van der Waals surface area contributed by atoms with Gasteiger partial charge in [-0.15, -0.1) is 0 Å². The van der Waals surface area contributed by atoms with Gasteiger partial charge < -0.3 is 14.8 Å². The topological polar surface area (TPSA) is 65.4 Å². The summed E-state index contributed by atoms with van der Waals surface area (Å²) in [5.41, 5.74) is 2.54. The number of carbonyl (C=O) groups is 1. The Kier molecular flexibility index (Phi) is 6.04. The van der Waals surface area contributed by atoms with Crippen molar-refractivity contribution >= 4 is 5.91 Å². The fourth-order valence-corrected chi connectivity index (χ4v) is 3.33. The fourth-order valence-electron chi connectivity index (χ4n) is 3.33. The molecule has 1 N–H and O–H groups in total. The van der Waals surface area contributed by atoms with E-state index >= 15 is 0 Å². The van der Waals surface area contributed by atoms with E-state index in [1.54, 1.807) is 6.20 Å². The summed E-state index contributed by atoms with van der Waals surface area (Å²) >= 11 is 0. The number of ether oxygens (including phenoxy) is 2. The van der Waals surface area contributed by atoms with Crippen molar-refractivity contribution in [1.29, 1.82) is 0 Å². The molecule has 27 heavy (non-hydrogen) atoms. The minimum Gasteiger partial charge on any atom is -0.490 e. The minimum absolute atomic E-state index is 0.0966. The highest BCUT2D eigenvalue weighted by atomic mass is 16.5. The van der Waals surface area contributed by atoms with Crippen LogP contribution >= 0.6 is 0 Å². The first-order valence-electron chi connectivity index (χ1n) is 9.74. The number of nitrogens with one attached hydrogen (secondary N) is 1. The van der Waals surface area contributed by atoms with Gasteiger partial charge in [-0.3, -0.25) is 9.48 Å². The molecule has 0 spiro atoms. The third-order valence-electron chi connectivity index (χ3n) is 4.87. The molecule has 0 unspecified atom stereocenters. The highest BCUT2D eigenvalue weighted by Crippen LogP contribution is 2.34. The Labute approximate surface area is 160 Å². The average Bonchev–Trinajstić information content (AvgIpc) is 2.86. The van der Waals surface area contributed by atoms with Gasteiger partial charge in [0.1, 0.15) is 0 Å². The van der Waals surface area contributed by atoms with Crippen LogP contribution in [-0.4, -0.2) is 28.9 Å². The van der Waals surface area contributed by atoms with Gasteiger partial charge in [0, 0.05) is 18.7 Å². The van der Waals surface area contributed by atoms with Crippen LogP contribution in [0.25, 0.3) is 0 Å². The van der Waals surface area contributed by atoms with Crippen LogP contribution in [0.15, 0.2) is 24.4 Å². The summed E-state index contributed by atoms with van der Waals surface area (Å²) in [4.78, 5) is 12.9. The predicted octanol–water partition coefficient (Wildman–Crippen LogP) is 3.89. The minimum atomic E-state index is -0.122. The van der Waals surface area contributed by atoms with E-state index < -0.39 is 0 Å². The summed E-state index contributed by atoms with van der Waals surface area (Å²) in [6.45, 7) is 10.4. The molecule has 0 radical (unpaired) electrons. The summed E-state index contributed by atoms with van der Waals surface area (Å²) in [5, 5.41) is 7.52. The number of rotatable bonds is 6. The average molecular weight is 371 g/mol. The molecule has 2 heterocycles. The lowest BCUT2D eigenvalue weighted by Gasteiger charge is -2.24. The second kappa shape index (κ2) is 8.46. The van der Waals surface area contributed by atoms with Crippen molar-refractivity contribution in [3.8, 4) is 11.5 Å². The monoisotopic (exact) mass is 371 g/mol. The lowest BCUT2D eigenvalue weighted by molar-refractivity contribution is 0.0924. The Bertz CT molecular complexity index is 798. The summed E-state index contributed by atoms with van der Waals surface area (Å²) in [5.74, 6) is 1.64. The van der Waals surface area contributed by atoms with Gasteiger partial charge in [0.2, 0.25) is 0 Å². The first-order valence-corrected chi connectivity index (χ1v) is 9.74. The van der Waals surface area contributed by atoms with Crippen LogP contribution in [0.4, 0.5) is 0 Å². The molecule has 1 aromatic carbocycles. The van der Waals surface area contributed by atoms with Crippen LogP contribution in [0.2, 0.25) is 0 Å². The Morgan fingerprint density at radius 3 is 2.70 bits per heavy atom.